The average Bonchev–Trinajstić information content (AvgIpc) is 3.27. The first-order valence-electron chi connectivity index (χ1n) is 9.65. The molecule has 4 aromatic rings. The second-order valence-electron chi connectivity index (χ2n) is 7.12. The van der Waals surface area contributed by atoms with Crippen molar-refractivity contribution in [1.82, 2.24) is 15.1 Å². The summed E-state index contributed by atoms with van der Waals surface area (Å²) in [5.74, 6) is 0.526. The Morgan fingerprint density at radius 1 is 0.941 bits per heavy atom. The van der Waals surface area contributed by atoms with E-state index in [0.717, 1.165) is 6.07 Å². The predicted molar refractivity (Wildman–Crippen MR) is 123 cm³/mol. The van der Waals surface area contributed by atoms with Crippen LogP contribution < -0.4 is 5.32 Å². The zero-order chi connectivity index (χ0) is 24.5. The van der Waals surface area contributed by atoms with Crippen LogP contribution in [0.15, 0.2) is 59.4 Å². The van der Waals surface area contributed by atoms with Crippen LogP contribution in [0.4, 0.5) is 19.0 Å². The summed E-state index contributed by atoms with van der Waals surface area (Å²) in [5, 5.41) is 17.8. The van der Waals surface area contributed by atoms with Crippen LogP contribution in [0.2, 0.25) is 15.1 Å². The van der Waals surface area contributed by atoms with Gasteiger partial charge in [-0.25, -0.2) is 9.97 Å². The van der Waals surface area contributed by atoms with E-state index in [1.54, 1.807) is 24.3 Å². The van der Waals surface area contributed by atoms with Gasteiger partial charge in [0.15, 0.2) is 5.76 Å². The molecule has 1 atom stereocenters. The summed E-state index contributed by atoms with van der Waals surface area (Å²) in [6.07, 6.45) is -4.39. The summed E-state index contributed by atoms with van der Waals surface area (Å²) < 4.78 is 44.0. The summed E-state index contributed by atoms with van der Waals surface area (Å²) >= 11 is 17.9. The van der Waals surface area contributed by atoms with Crippen LogP contribution in [0.3, 0.4) is 0 Å². The Morgan fingerprint density at radius 2 is 1.74 bits per heavy atom. The molecule has 34 heavy (non-hydrogen) atoms. The Bertz CT molecular complexity index is 1330. The lowest BCUT2D eigenvalue weighted by molar-refractivity contribution is -0.137. The van der Waals surface area contributed by atoms with Crippen LogP contribution in [0.25, 0.3) is 22.5 Å². The summed E-state index contributed by atoms with van der Waals surface area (Å²) in [4.78, 5) is 8.14. The molecular weight excluding hydrogens is 516 g/mol. The number of aromatic nitrogens is 3. The monoisotopic (exact) mass is 528 g/mol. The van der Waals surface area contributed by atoms with Gasteiger partial charge in [0.25, 0.3) is 0 Å². The van der Waals surface area contributed by atoms with Crippen molar-refractivity contribution in [2.24, 2.45) is 0 Å². The van der Waals surface area contributed by atoms with Gasteiger partial charge >= 0.3 is 6.18 Å². The SMILES string of the molecule is OC(CNc1cc(-c2ccc(C(F)(F)F)c(Cl)c2)ncn1)c1cc(-c2ccc(Cl)cc2Cl)no1. The quantitative estimate of drug-likeness (QED) is 0.282. The third-order valence-corrected chi connectivity index (χ3v) is 5.64. The molecule has 0 saturated carbocycles. The van der Waals surface area contributed by atoms with E-state index in [2.05, 4.69) is 20.4 Å². The summed E-state index contributed by atoms with van der Waals surface area (Å²) in [6, 6.07) is 11.3. The molecule has 0 saturated heterocycles. The van der Waals surface area contributed by atoms with Gasteiger partial charge in [-0.3, -0.25) is 0 Å². The Balaban J connectivity index is 1.45. The highest BCUT2D eigenvalue weighted by Gasteiger charge is 2.33. The fraction of sp³-hybridized carbons (Fsp3) is 0.136. The minimum Gasteiger partial charge on any atom is -0.383 e. The first-order chi connectivity index (χ1) is 16.1. The highest BCUT2D eigenvalue weighted by molar-refractivity contribution is 6.36. The van der Waals surface area contributed by atoms with Crippen LogP contribution in [-0.4, -0.2) is 26.8 Å². The van der Waals surface area contributed by atoms with Crippen LogP contribution >= 0.6 is 34.8 Å². The van der Waals surface area contributed by atoms with Crippen molar-refractivity contribution in [3.63, 3.8) is 0 Å². The number of halogens is 6. The zero-order valence-electron chi connectivity index (χ0n) is 16.9. The molecule has 4 rings (SSSR count). The van der Waals surface area contributed by atoms with Gasteiger partial charge in [0.1, 0.15) is 23.9 Å². The second kappa shape index (κ2) is 9.79. The maximum absolute atomic E-state index is 12.9. The molecule has 2 aromatic carbocycles. The van der Waals surface area contributed by atoms with Crippen molar-refractivity contribution in [3.05, 3.63) is 81.2 Å². The highest BCUT2D eigenvalue weighted by Crippen LogP contribution is 2.36. The second-order valence-corrected chi connectivity index (χ2v) is 8.37. The van der Waals surface area contributed by atoms with Crippen LogP contribution in [-0.2, 0) is 6.18 Å². The highest BCUT2D eigenvalue weighted by atomic mass is 35.5. The molecule has 0 amide bonds. The normalized spacial score (nSPS) is 12.6. The van der Waals surface area contributed by atoms with E-state index < -0.39 is 22.9 Å². The minimum absolute atomic E-state index is 0.00715. The van der Waals surface area contributed by atoms with Crippen LogP contribution in [0.1, 0.15) is 17.4 Å². The lowest BCUT2D eigenvalue weighted by Crippen LogP contribution is -2.12. The number of benzene rings is 2. The fourth-order valence-electron chi connectivity index (χ4n) is 3.09. The van der Waals surface area contributed by atoms with E-state index in [1.807, 2.05) is 0 Å². The van der Waals surface area contributed by atoms with Gasteiger partial charge in [0.05, 0.1) is 21.3 Å². The lowest BCUT2D eigenvalue weighted by Gasteiger charge is -2.12. The van der Waals surface area contributed by atoms with Gasteiger partial charge < -0.3 is 14.9 Å². The largest absolute Gasteiger partial charge is 0.417 e. The number of alkyl halides is 3. The molecule has 2 heterocycles. The summed E-state index contributed by atoms with van der Waals surface area (Å²) in [5.41, 5.74) is 0.821. The van der Waals surface area contributed by atoms with Crippen LogP contribution in [0.5, 0.6) is 0 Å². The first-order valence-corrected chi connectivity index (χ1v) is 10.8. The molecule has 2 aromatic heterocycles. The van der Waals surface area contributed by atoms with Gasteiger partial charge in [-0.05, 0) is 30.3 Å². The van der Waals surface area contributed by atoms with E-state index in [9.17, 15) is 18.3 Å². The molecule has 0 spiro atoms. The number of aliphatic hydroxyl groups excluding tert-OH is 1. The summed E-state index contributed by atoms with van der Waals surface area (Å²) in [6.45, 7) is 0.00715. The standard InChI is InChI=1S/C22H14Cl3F3N4O2/c23-12-2-3-13(15(24)6-12)18-7-20(34-32-18)19(33)9-29-21-8-17(30-10-31-21)11-1-4-14(16(25)5-11)22(26,27)28/h1-8,10,19,33H,9H2,(H,29,30,31). The number of nitrogens with one attached hydrogen (secondary N) is 1. The van der Waals surface area contributed by atoms with Crippen LogP contribution in [0, 0.1) is 0 Å². The number of hydrogen-bond acceptors (Lipinski definition) is 6. The number of hydrogen-bond donors (Lipinski definition) is 2. The van der Waals surface area contributed by atoms with E-state index in [1.165, 1.54) is 24.5 Å². The third-order valence-electron chi connectivity index (χ3n) is 4.78. The average molecular weight is 530 g/mol. The Labute approximate surface area is 206 Å². The molecule has 1 unspecified atom stereocenters. The van der Waals surface area contributed by atoms with Crippen molar-refractivity contribution in [2.45, 2.75) is 12.3 Å². The number of anilines is 1. The third kappa shape index (κ3) is 5.44. The van der Waals surface area contributed by atoms with E-state index in [0.29, 0.717) is 38.4 Å². The Hall–Kier alpha value is -2.85. The molecule has 0 aliphatic rings. The zero-order valence-corrected chi connectivity index (χ0v) is 19.2. The van der Waals surface area contributed by atoms with Crippen molar-refractivity contribution in [3.8, 4) is 22.5 Å². The fourth-order valence-corrected chi connectivity index (χ4v) is 3.88. The topological polar surface area (TPSA) is 84.1 Å². The molecule has 6 nitrogen and oxygen atoms in total. The summed E-state index contributed by atoms with van der Waals surface area (Å²) in [7, 11) is 0. The first kappa shape index (κ1) is 24.3. The van der Waals surface area contributed by atoms with Crippen molar-refractivity contribution < 1.29 is 22.8 Å². The molecule has 12 heteroatoms. The van der Waals surface area contributed by atoms with Gasteiger partial charge in [0, 0.05) is 34.8 Å². The molecule has 2 N–H and O–H groups in total. The van der Waals surface area contributed by atoms with E-state index in [-0.39, 0.29) is 12.3 Å². The molecule has 0 bridgehead atoms. The maximum Gasteiger partial charge on any atom is 0.417 e. The molecular formula is C22H14Cl3F3N4O2. The number of nitrogens with zero attached hydrogens (tertiary/aromatic N) is 3. The number of aliphatic hydroxyl groups is 1. The molecule has 176 valence electrons. The van der Waals surface area contributed by atoms with Gasteiger partial charge in [-0.15, -0.1) is 0 Å². The van der Waals surface area contributed by atoms with Gasteiger partial charge in [0.2, 0.25) is 0 Å². The molecule has 0 radical (unpaired) electrons. The molecule has 0 aliphatic heterocycles. The Morgan fingerprint density at radius 3 is 2.44 bits per heavy atom. The van der Waals surface area contributed by atoms with Crippen molar-refractivity contribution >= 4 is 40.6 Å². The van der Waals surface area contributed by atoms with Gasteiger partial charge in [-0.1, -0.05) is 46.0 Å². The van der Waals surface area contributed by atoms with E-state index >= 15 is 0 Å². The molecule has 0 aliphatic carbocycles. The van der Waals surface area contributed by atoms with Crippen molar-refractivity contribution in [1.29, 1.82) is 0 Å². The predicted octanol–water partition coefficient (Wildman–Crippen LogP) is 6.92. The molecule has 0 fully saturated rings. The Kier molecular flexibility index (Phi) is 6.99. The number of rotatable bonds is 6. The minimum atomic E-state index is -4.55. The van der Waals surface area contributed by atoms with Crippen molar-refractivity contribution in [2.75, 3.05) is 11.9 Å². The van der Waals surface area contributed by atoms with Gasteiger partial charge in [-0.2, -0.15) is 13.2 Å². The maximum atomic E-state index is 12.9. The van der Waals surface area contributed by atoms with E-state index in [4.69, 9.17) is 39.3 Å². The lowest BCUT2D eigenvalue weighted by atomic mass is 10.1. The smallest absolute Gasteiger partial charge is 0.383 e.